The fraction of sp³-hybridized carbons (Fsp3) is 0.650. The molecule has 1 saturated heterocycles. The first-order valence-electron chi connectivity index (χ1n) is 9.72. The van der Waals surface area contributed by atoms with Crippen molar-refractivity contribution in [3.63, 3.8) is 0 Å². The predicted molar refractivity (Wildman–Crippen MR) is 101 cm³/mol. The third kappa shape index (κ3) is 5.72. The summed E-state index contributed by atoms with van der Waals surface area (Å²) in [6.07, 6.45) is 8.45. The number of hydrogen-bond acceptors (Lipinski definition) is 3. The number of amides is 2. The summed E-state index contributed by atoms with van der Waals surface area (Å²) >= 11 is 0. The van der Waals surface area contributed by atoms with Gasteiger partial charge in [0, 0.05) is 18.8 Å². The van der Waals surface area contributed by atoms with Crippen LogP contribution in [0.25, 0.3) is 0 Å². The number of nitrogens with one attached hydrogen (secondary N) is 2. The van der Waals surface area contributed by atoms with E-state index in [-0.39, 0.29) is 6.03 Å². The maximum Gasteiger partial charge on any atom is 0.319 e. The highest BCUT2D eigenvalue weighted by atomic mass is 16.3. The average Bonchev–Trinajstić information content (AvgIpc) is 3.13. The molecule has 0 aromatic heterocycles. The van der Waals surface area contributed by atoms with E-state index in [1.807, 2.05) is 18.2 Å². The van der Waals surface area contributed by atoms with E-state index < -0.39 is 5.60 Å². The fourth-order valence-corrected chi connectivity index (χ4v) is 3.90. The zero-order valence-corrected chi connectivity index (χ0v) is 15.1. The molecular formula is C20H31N3O2. The standard InChI is InChI=1S/C20H31N3O2/c24-19(21-16-20(25)10-2-1-3-11-20)22-18-8-6-7-17(15-18)9-14-23-12-4-5-13-23/h6-8,15,25H,1-5,9-14,16H2,(H2,21,22,24). The van der Waals surface area contributed by atoms with Gasteiger partial charge in [0.1, 0.15) is 0 Å². The number of likely N-dealkylation sites (tertiary alicyclic amines) is 1. The monoisotopic (exact) mass is 345 g/mol. The van der Waals surface area contributed by atoms with Gasteiger partial charge in [0.2, 0.25) is 0 Å². The topological polar surface area (TPSA) is 64.6 Å². The van der Waals surface area contributed by atoms with Gasteiger partial charge in [-0.3, -0.25) is 0 Å². The van der Waals surface area contributed by atoms with Gasteiger partial charge in [-0.25, -0.2) is 4.79 Å². The molecule has 25 heavy (non-hydrogen) atoms. The normalized spacial score (nSPS) is 20.4. The third-order valence-electron chi connectivity index (χ3n) is 5.46. The van der Waals surface area contributed by atoms with Crippen LogP contribution in [-0.4, -0.2) is 47.8 Å². The molecule has 3 N–H and O–H groups in total. The lowest BCUT2D eigenvalue weighted by Gasteiger charge is -2.32. The molecule has 0 unspecified atom stereocenters. The molecular weight excluding hydrogens is 314 g/mol. The van der Waals surface area contributed by atoms with Crippen LogP contribution in [0, 0.1) is 0 Å². The Bertz CT molecular complexity index is 564. The van der Waals surface area contributed by atoms with Crippen molar-refractivity contribution in [1.82, 2.24) is 10.2 Å². The number of hydrogen-bond donors (Lipinski definition) is 3. The van der Waals surface area contributed by atoms with Gasteiger partial charge >= 0.3 is 6.03 Å². The summed E-state index contributed by atoms with van der Waals surface area (Å²) in [5.74, 6) is 0. The maximum atomic E-state index is 12.1. The van der Waals surface area contributed by atoms with Crippen molar-refractivity contribution in [3.8, 4) is 0 Å². The van der Waals surface area contributed by atoms with Crippen molar-refractivity contribution in [2.75, 3.05) is 31.5 Å². The van der Waals surface area contributed by atoms with Crippen LogP contribution in [0.2, 0.25) is 0 Å². The average molecular weight is 345 g/mol. The molecule has 1 aromatic carbocycles. The summed E-state index contributed by atoms with van der Waals surface area (Å²) in [7, 11) is 0. The molecule has 2 aliphatic rings. The van der Waals surface area contributed by atoms with E-state index in [9.17, 15) is 9.90 Å². The van der Waals surface area contributed by atoms with Crippen molar-refractivity contribution in [2.45, 2.75) is 57.0 Å². The van der Waals surface area contributed by atoms with Gasteiger partial charge in [0.05, 0.1) is 5.60 Å². The van der Waals surface area contributed by atoms with Crippen LogP contribution in [-0.2, 0) is 6.42 Å². The predicted octanol–water partition coefficient (Wildman–Crippen LogP) is 3.14. The molecule has 1 aliphatic heterocycles. The van der Waals surface area contributed by atoms with Crippen molar-refractivity contribution in [1.29, 1.82) is 0 Å². The Hall–Kier alpha value is -1.59. The van der Waals surface area contributed by atoms with Gasteiger partial charge in [-0.05, 0) is 62.9 Å². The molecule has 0 atom stereocenters. The molecule has 5 nitrogen and oxygen atoms in total. The summed E-state index contributed by atoms with van der Waals surface area (Å²) in [6, 6.07) is 7.82. The molecule has 0 bridgehead atoms. The summed E-state index contributed by atoms with van der Waals surface area (Å²) in [5, 5.41) is 16.2. The van der Waals surface area contributed by atoms with Gasteiger partial charge in [0.15, 0.2) is 0 Å². The zero-order valence-electron chi connectivity index (χ0n) is 15.1. The second-order valence-corrected chi connectivity index (χ2v) is 7.59. The number of carbonyl (C=O) groups excluding carboxylic acids is 1. The minimum atomic E-state index is -0.729. The Labute approximate surface area is 150 Å². The Kier molecular flexibility index (Phi) is 6.32. The first-order chi connectivity index (χ1) is 12.1. The first kappa shape index (κ1) is 18.2. The quantitative estimate of drug-likeness (QED) is 0.742. The van der Waals surface area contributed by atoms with Crippen molar-refractivity contribution >= 4 is 11.7 Å². The van der Waals surface area contributed by atoms with Crippen LogP contribution >= 0.6 is 0 Å². The highest BCUT2D eigenvalue weighted by Crippen LogP contribution is 2.27. The lowest BCUT2D eigenvalue weighted by Crippen LogP contribution is -2.45. The molecule has 0 radical (unpaired) electrons. The maximum absolute atomic E-state index is 12.1. The van der Waals surface area contributed by atoms with Gasteiger partial charge in [0.25, 0.3) is 0 Å². The Balaban J connectivity index is 1.45. The Morgan fingerprint density at radius 1 is 1.12 bits per heavy atom. The van der Waals surface area contributed by atoms with Crippen LogP contribution in [0.1, 0.15) is 50.5 Å². The minimum absolute atomic E-state index is 0.240. The lowest BCUT2D eigenvalue weighted by molar-refractivity contribution is 0.00755. The van der Waals surface area contributed by atoms with E-state index in [4.69, 9.17) is 0 Å². The molecule has 1 saturated carbocycles. The molecule has 1 heterocycles. The molecule has 2 fully saturated rings. The van der Waals surface area contributed by atoms with Crippen LogP contribution < -0.4 is 10.6 Å². The number of urea groups is 1. The van der Waals surface area contributed by atoms with Crippen LogP contribution in [0.15, 0.2) is 24.3 Å². The molecule has 1 aromatic rings. The molecule has 2 amide bonds. The van der Waals surface area contributed by atoms with Gasteiger partial charge in [-0.15, -0.1) is 0 Å². The molecule has 0 spiro atoms. The van der Waals surface area contributed by atoms with Crippen molar-refractivity contribution < 1.29 is 9.90 Å². The number of carbonyl (C=O) groups is 1. The smallest absolute Gasteiger partial charge is 0.319 e. The number of anilines is 1. The van der Waals surface area contributed by atoms with E-state index in [0.717, 1.165) is 44.3 Å². The number of benzene rings is 1. The highest BCUT2D eigenvalue weighted by molar-refractivity contribution is 5.89. The second-order valence-electron chi connectivity index (χ2n) is 7.59. The van der Waals surface area contributed by atoms with Gasteiger partial charge in [-0.2, -0.15) is 0 Å². The van der Waals surface area contributed by atoms with E-state index in [1.165, 1.54) is 37.9 Å². The van der Waals surface area contributed by atoms with E-state index in [2.05, 4.69) is 21.6 Å². The zero-order chi connectivity index (χ0) is 17.5. The fourth-order valence-electron chi connectivity index (χ4n) is 3.90. The van der Waals surface area contributed by atoms with Crippen molar-refractivity contribution in [3.05, 3.63) is 29.8 Å². The largest absolute Gasteiger partial charge is 0.388 e. The summed E-state index contributed by atoms with van der Waals surface area (Å²) in [4.78, 5) is 14.6. The molecule has 1 aliphatic carbocycles. The Morgan fingerprint density at radius 3 is 2.64 bits per heavy atom. The summed E-state index contributed by atoms with van der Waals surface area (Å²) in [6.45, 7) is 3.84. The number of nitrogens with zero attached hydrogens (tertiary/aromatic N) is 1. The summed E-state index contributed by atoms with van der Waals surface area (Å²) < 4.78 is 0. The molecule has 3 rings (SSSR count). The Morgan fingerprint density at radius 2 is 1.88 bits per heavy atom. The number of rotatable bonds is 6. The minimum Gasteiger partial charge on any atom is -0.388 e. The van der Waals surface area contributed by atoms with Crippen molar-refractivity contribution in [2.24, 2.45) is 0 Å². The van der Waals surface area contributed by atoms with E-state index in [1.54, 1.807) is 0 Å². The number of aliphatic hydroxyl groups is 1. The van der Waals surface area contributed by atoms with Crippen LogP contribution in [0.5, 0.6) is 0 Å². The SMILES string of the molecule is O=C(NCC1(O)CCCCC1)Nc1cccc(CCN2CCCC2)c1. The van der Waals surface area contributed by atoms with Gasteiger partial charge < -0.3 is 20.6 Å². The highest BCUT2D eigenvalue weighted by Gasteiger charge is 2.29. The molecule has 5 heteroatoms. The lowest BCUT2D eigenvalue weighted by atomic mass is 9.85. The van der Waals surface area contributed by atoms with E-state index in [0.29, 0.717) is 6.54 Å². The summed E-state index contributed by atoms with van der Waals surface area (Å²) in [5.41, 5.74) is 1.33. The van der Waals surface area contributed by atoms with Crippen LogP contribution in [0.3, 0.4) is 0 Å². The second kappa shape index (κ2) is 8.68. The third-order valence-corrected chi connectivity index (χ3v) is 5.46. The van der Waals surface area contributed by atoms with Gasteiger partial charge in [-0.1, -0.05) is 31.4 Å². The molecule has 138 valence electrons. The first-order valence-corrected chi connectivity index (χ1v) is 9.72. The van der Waals surface area contributed by atoms with E-state index >= 15 is 0 Å². The van der Waals surface area contributed by atoms with Crippen LogP contribution in [0.4, 0.5) is 10.5 Å².